The largest absolute Gasteiger partial charge is 0.251 e. The molecule has 3 unspecified atom stereocenters. The van der Waals surface area contributed by atoms with Crippen LogP contribution in [-0.4, -0.2) is 23.1 Å². The van der Waals surface area contributed by atoms with Gasteiger partial charge in [-0.1, -0.05) is 20.8 Å². The minimum atomic E-state index is 0.247. The first kappa shape index (κ1) is 11.4. The highest BCUT2D eigenvalue weighted by molar-refractivity contribution is 5.04. The monoisotopic (exact) mass is 210 g/mol. The van der Waals surface area contributed by atoms with Gasteiger partial charge < -0.3 is 0 Å². The van der Waals surface area contributed by atoms with E-state index in [0.717, 1.165) is 11.8 Å². The predicted molar refractivity (Wildman–Crippen MR) is 64.4 cm³/mol. The van der Waals surface area contributed by atoms with Crippen LogP contribution in [0.2, 0.25) is 0 Å². The number of nitrogens with one attached hydrogen (secondary N) is 1. The quantitative estimate of drug-likeness (QED) is 0.661. The van der Waals surface area contributed by atoms with Crippen LogP contribution in [0.3, 0.4) is 0 Å². The lowest BCUT2D eigenvalue weighted by Gasteiger charge is -2.46. The third-order valence-corrected chi connectivity index (χ3v) is 3.86. The van der Waals surface area contributed by atoms with E-state index < -0.39 is 0 Å². The standard InChI is InChI=1S/C13H26N2/c1-12(2,3)11-10-7-9(10)8-15(14-11)13(4,5)6/h9-11,14H,7-8H2,1-6H3. The molecule has 2 nitrogen and oxygen atoms in total. The summed E-state index contributed by atoms with van der Waals surface area (Å²) in [6.07, 6.45) is 1.43. The molecular weight excluding hydrogens is 184 g/mol. The Morgan fingerprint density at radius 3 is 2.13 bits per heavy atom. The summed E-state index contributed by atoms with van der Waals surface area (Å²) >= 11 is 0. The van der Waals surface area contributed by atoms with Crippen LogP contribution in [0, 0.1) is 17.3 Å². The Balaban J connectivity index is 2.10. The maximum atomic E-state index is 3.76. The number of hydrogen-bond acceptors (Lipinski definition) is 2. The van der Waals surface area contributed by atoms with Crippen LogP contribution in [0.15, 0.2) is 0 Å². The first-order chi connectivity index (χ1) is 6.69. The van der Waals surface area contributed by atoms with Crippen molar-refractivity contribution >= 4 is 0 Å². The number of hydrogen-bond donors (Lipinski definition) is 1. The highest BCUT2D eigenvalue weighted by Crippen LogP contribution is 2.49. The Morgan fingerprint density at radius 2 is 1.67 bits per heavy atom. The molecule has 2 aliphatic rings. The fourth-order valence-electron chi connectivity index (χ4n) is 2.74. The highest BCUT2D eigenvalue weighted by atomic mass is 15.6. The topological polar surface area (TPSA) is 15.3 Å². The van der Waals surface area contributed by atoms with E-state index in [0.29, 0.717) is 11.5 Å². The maximum Gasteiger partial charge on any atom is 0.0295 e. The second-order valence-corrected chi connectivity index (χ2v) is 7.41. The third-order valence-electron chi connectivity index (χ3n) is 3.86. The molecule has 2 heteroatoms. The second-order valence-electron chi connectivity index (χ2n) is 7.41. The van der Waals surface area contributed by atoms with Gasteiger partial charge in [0, 0.05) is 18.1 Å². The molecule has 2 fully saturated rings. The van der Waals surface area contributed by atoms with Crippen molar-refractivity contribution in [2.75, 3.05) is 6.54 Å². The Hall–Kier alpha value is -0.0800. The molecule has 1 heterocycles. The molecule has 0 aromatic rings. The van der Waals surface area contributed by atoms with Gasteiger partial charge in [-0.3, -0.25) is 5.43 Å². The zero-order chi connectivity index (χ0) is 11.4. The van der Waals surface area contributed by atoms with Gasteiger partial charge in [0.1, 0.15) is 0 Å². The molecule has 1 aliphatic carbocycles. The summed E-state index contributed by atoms with van der Waals surface area (Å²) in [6.45, 7) is 15.2. The Labute approximate surface area is 94.4 Å². The van der Waals surface area contributed by atoms with Crippen LogP contribution in [0.4, 0.5) is 0 Å². The molecule has 1 aliphatic heterocycles. The molecule has 0 radical (unpaired) electrons. The van der Waals surface area contributed by atoms with Crippen LogP contribution < -0.4 is 5.43 Å². The van der Waals surface area contributed by atoms with Crippen LogP contribution >= 0.6 is 0 Å². The minimum Gasteiger partial charge on any atom is -0.251 e. The molecule has 0 amide bonds. The Bertz CT molecular complexity index is 246. The summed E-state index contributed by atoms with van der Waals surface area (Å²) in [5.74, 6) is 1.89. The third kappa shape index (κ3) is 2.21. The maximum absolute atomic E-state index is 3.76. The van der Waals surface area contributed by atoms with Crippen molar-refractivity contribution in [1.29, 1.82) is 0 Å². The molecule has 88 valence electrons. The van der Waals surface area contributed by atoms with Crippen LogP contribution in [-0.2, 0) is 0 Å². The summed E-state index contributed by atoms with van der Waals surface area (Å²) in [5, 5.41) is 2.46. The lowest BCUT2D eigenvalue weighted by atomic mass is 9.82. The average molecular weight is 210 g/mol. The van der Waals surface area contributed by atoms with E-state index in [1.807, 2.05) is 0 Å². The molecule has 1 saturated heterocycles. The van der Waals surface area contributed by atoms with Gasteiger partial charge in [-0.05, 0) is 44.4 Å². The Morgan fingerprint density at radius 1 is 1.07 bits per heavy atom. The molecule has 15 heavy (non-hydrogen) atoms. The van der Waals surface area contributed by atoms with Crippen molar-refractivity contribution in [2.24, 2.45) is 17.3 Å². The van der Waals surface area contributed by atoms with E-state index in [1.165, 1.54) is 13.0 Å². The summed E-state index contributed by atoms with van der Waals surface area (Å²) in [4.78, 5) is 0. The van der Waals surface area contributed by atoms with Gasteiger partial charge in [-0.2, -0.15) is 0 Å². The van der Waals surface area contributed by atoms with Crippen LogP contribution in [0.5, 0.6) is 0 Å². The molecule has 0 aromatic heterocycles. The van der Waals surface area contributed by atoms with E-state index >= 15 is 0 Å². The zero-order valence-electron chi connectivity index (χ0n) is 11.1. The van der Waals surface area contributed by atoms with Gasteiger partial charge in [-0.15, -0.1) is 0 Å². The van der Waals surface area contributed by atoms with Gasteiger partial charge in [-0.25, -0.2) is 5.01 Å². The molecule has 1 N–H and O–H groups in total. The minimum absolute atomic E-state index is 0.247. The summed E-state index contributed by atoms with van der Waals surface area (Å²) in [6, 6.07) is 0.662. The fourth-order valence-corrected chi connectivity index (χ4v) is 2.74. The molecular formula is C13H26N2. The molecule has 0 spiro atoms. The molecule has 3 atom stereocenters. The van der Waals surface area contributed by atoms with Crippen molar-refractivity contribution in [2.45, 2.75) is 59.5 Å². The number of fused-ring (bicyclic) bond motifs is 1. The summed E-state index contributed by atoms with van der Waals surface area (Å²) in [5.41, 5.74) is 4.38. The van der Waals surface area contributed by atoms with Gasteiger partial charge in [0.25, 0.3) is 0 Å². The Kier molecular flexibility index (Phi) is 2.44. The average Bonchev–Trinajstić information content (AvgIpc) is 2.75. The second kappa shape index (κ2) is 3.21. The molecule has 0 bridgehead atoms. The van der Waals surface area contributed by atoms with Crippen LogP contribution in [0.1, 0.15) is 48.0 Å². The SMILES string of the molecule is CC(C)(C)C1NN(C(C)(C)C)CC2CC21. The van der Waals surface area contributed by atoms with Crippen LogP contribution in [0.25, 0.3) is 0 Å². The summed E-state index contributed by atoms with van der Waals surface area (Å²) in [7, 11) is 0. The van der Waals surface area contributed by atoms with Gasteiger partial charge in [0.15, 0.2) is 0 Å². The molecule has 2 rings (SSSR count). The lowest BCUT2D eigenvalue weighted by molar-refractivity contribution is -0.00956. The van der Waals surface area contributed by atoms with Gasteiger partial charge >= 0.3 is 0 Å². The number of hydrazine groups is 1. The summed E-state index contributed by atoms with van der Waals surface area (Å²) < 4.78 is 0. The first-order valence-electron chi connectivity index (χ1n) is 6.23. The van der Waals surface area contributed by atoms with Crippen molar-refractivity contribution in [3.8, 4) is 0 Å². The van der Waals surface area contributed by atoms with E-state index in [2.05, 4.69) is 52.0 Å². The van der Waals surface area contributed by atoms with Crippen molar-refractivity contribution in [1.82, 2.24) is 10.4 Å². The molecule has 0 aromatic carbocycles. The molecule has 1 saturated carbocycles. The zero-order valence-corrected chi connectivity index (χ0v) is 11.1. The predicted octanol–water partition coefficient (Wildman–Crippen LogP) is 2.66. The number of rotatable bonds is 0. The van der Waals surface area contributed by atoms with E-state index in [-0.39, 0.29) is 5.54 Å². The van der Waals surface area contributed by atoms with Crippen molar-refractivity contribution in [3.63, 3.8) is 0 Å². The van der Waals surface area contributed by atoms with E-state index in [4.69, 9.17) is 0 Å². The fraction of sp³-hybridized carbons (Fsp3) is 1.00. The van der Waals surface area contributed by atoms with E-state index in [1.54, 1.807) is 0 Å². The van der Waals surface area contributed by atoms with Crippen molar-refractivity contribution in [3.05, 3.63) is 0 Å². The number of nitrogens with zero attached hydrogens (tertiary/aromatic N) is 1. The van der Waals surface area contributed by atoms with Crippen molar-refractivity contribution < 1.29 is 0 Å². The van der Waals surface area contributed by atoms with Gasteiger partial charge in [0.05, 0.1) is 0 Å². The lowest BCUT2D eigenvalue weighted by Crippen LogP contribution is -2.61. The normalized spacial score (nSPS) is 37.6. The van der Waals surface area contributed by atoms with E-state index in [9.17, 15) is 0 Å². The van der Waals surface area contributed by atoms with Gasteiger partial charge in [0.2, 0.25) is 0 Å². The first-order valence-corrected chi connectivity index (χ1v) is 6.23. The highest BCUT2D eigenvalue weighted by Gasteiger charge is 2.52. The smallest absolute Gasteiger partial charge is 0.0295 e.